The Hall–Kier alpha value is -0.640. The van der Waals surface area contributed by atoms with Gasteiger partial charge in [0.2, 0.25) is 0 Å². The zero-order valence-corrected chi connectivity index (χ0v) is 9.24. The number of aromatic nitrogens is 1. The van der Waals surface area contributed by atoms with Gasteiger partial charge in [0.25, 0.3) is 0 Å². The molecule has 82 valence electrons. The second-order valence-electron chi connectivity index (χ2n) is 3.92. The SMILES string of the molecule is OCCC(NC1CC1)c1ccnc(Cl)c1. The van der Waals surface area contributed by atoms with Crippen molar-refractivity contribution >= 4 is 11.6 Å². The first kappa shape index (κ1) is 10.9. The minimum atomic E-state index is 0.185. The molecule has 15 heavy (non-hydrogen) atoms. The largest absolute Gasteiger partial charge is 0.396 e. The van der Waals surface area contributed by atoms with E-state index < -0.39 is 0 Å². The van der Waals surface area contributed by atoms with Crippen LogP contribution in [0.15, 0.2) is 18.3 Å². The first-order valence-corrected chi connectivity index (χ1v) is 5.66. The standard InChI is InChI=1S/C11H15ClN2O/c12-11-7-8(3-5-13-11)10(4-6-15)14-9-1-2-9/h3,5,7,9-10,14-15H,1-2,4,6H2. The van der Waals surface area contributed by atoms with Gasteiger partial charge in [0.05, 0.1) is 0 Å². The van der Waals surface area contributed by atoms with Crippen LogP contribution in [0.5, 0.6) is 0 Å². The van der Waals surface area contributed by atoms with Crippen molar-refractivity contribution in [2.24, 2.45) is 0 Å². The highest BCUT2D eigenvalue weighted by Crippen LogP contribution is 2.26. The van der Waals surface area contributed by atoms with Gasteiger partial charge < -0.3 is 10.4 Å². The maximum absolute atomic E-state index is 9.01. The number of aliphatic hydroxyl groups excluding tert-OH is 1. The number of halogens is 1. The molecule has 1 aliphatic carbocycles. The van der Waals surface area contributed by atoms with E-state index in [0.29, 0.717) is 11.2 Å². The summed E-state index contributed by atoms with van der Waals surface area (Å²) >= 11 is 5.84. The van der Waals surface area contributed by atoms with Crippen LogP contribution < -0.4 is 5.32 Å². The topological polar surface area (TPSA) is 45.1 Å². The molecule has 2 rings (SSSR count). The van der Waals surface area contributed by atoms with E-state index in [2.05, 4.69) is 10.3 Å². The molecule has 1 atom stereocenters. The van der Waals surface area contributed by atoms with E-state index in [1.807, 2.05) is 12.1 Å². The molecule has 3 nitrogen and oxygen atoms in total. The zero-order valence-electron chi connectivity index (χ0n) is 8.49. The minimum absolute atomic E-state index is 0.185. The maximum atomic E-state index is 9.01. The molecule has 1 heterocycles. The first-order chi connectivity index (χ1) is 7.29. The van der Waals surface area contributed by atoms with Crippen molar-refractivity contribution in [1.82, 2.24) is 10.3 Å². The lowest BCUT2D eigenvalue weighted by atomic mass is 10.1. The molecule has 0 aromatic carbocycles. The average molecular weight is 227 g/mol. The molecule has 1 saturated carbocycles. The Morgan fingerprint density at radius 2 is 2.40 bits per heavy atom. The van der Waals surface area contributed by atoms with Crippen LogP contribution in [0.2, 0.25) is 5.15 Å². The van der Waals surface area contributed by atoms with Crippen molar-refractivity contribution in [1.29, 1.82) is 0 Å². The molecule has 4 heteroatoms. The normalized spacial score (nSPS) is 17.7. The quantitative estimate of drug-likeness (QED) is 0.754. The molecule has 0 radical (unpaired) electrons. The highest BCUT2D eigenvalue weighted by atomic mass is 35.5. The van der Waals surface area contributed by atoms with Crippen LogP contribution in [0.4, 0.5) is 0 Å². The molecular weight excluding hydrogens is 212 g/mol. The van der Waals surface area contributed by atoms with Crippen molar-refractivity contribution in [3.63, 3.8) is 0 Å². The van der Waals surface area contributed by atoms with Crippen LogP contribution in [-0.2, 0) is 0 Å². The molecule has 1 fully saturated rings. The summed E-state index contributed by atoms with van der Waals surface area (Å²) < 4.78 is 0. The van der Waals surface area contributed by atoms with E-state index in [1.54, 1.807) is 6.20 Å². The van der Waals surface area contributed by atoms with Crippen LogP contribution in [0.1, 0.15) is 30.9 Å². The Labute approximate surface area is 94.5 Å². The predicted molar refractivity (Wildman–Crippen MR) is 59.8 cm³/mol. The number of rotatable bonds is 5. The summed E-state index contributed by atoms with van der Waals surface area (Å²) in [5, 5.41) is 13.0. The van der Waals surface area contributed by atoms with E-state index in [-0.39, 0.29) is 12.6 Å². The van der Waals surface area contributed by atoms with Crippen LogP contribution in [0, 0.1) is 0 Å². The number of aliphatic hydroxyl groups is 1. The number of pyridine rings is 1. The average Bonchev–Trinajstić information content (AvgIpc) is 3.01. The summed E-state index contributed by atoms with van der Waals surface area (Å²) in [6.07, 6.45) is 4.90. The molecule has 0 bridgehead atoms. The summed E-state index contributed by atoms with van der Waals surface area (Å²) in [4.78, 5) is 3.95. The molecular formula is C11H15ClN2O. The Morgan fingerprint density at radius 1 is 1.60 bits per heavy atom. The van der Waals surface area contributed by atoms with Crippen molar-refractivity contribution in [2.75, 3.05) is 6.61 Å². The third-order valence-corrected chi connectivity index (χ3v) is 2.79. The molecule has 1 unspecified atom stereocenters. The van der Waals surface area contributed by atoms with Gasteiger partial charge in [0.1, 0.15) is 5.15 Å². The molecule has 0 amide bonds. The van der Waals surface area contributed by atoms with E-state index in [4.69, 9.17) is 16.7 Å². The van der Waals surface area contributed by atoms with Gasteiger partial charge in [0, 0.05) is 24.9 Å². The summed E-state index contributed by atoms with van der Waals surface area (Å²) in [6.45, 7) is 0.185. The summed E-state index contributed by atoms with van der Waals surface area (Å²) in [5.74, 6) is 0. The molecule has 1 aliphatic rings. The van der Waals surface area contributed by atoms with Gasteiger partial charge in [-0.15, -0.1) is 0 Å². The van der Waals surface area contributed by atoms with E-state index >= 15 is 0 Å². The molecule has 0 aliphatic heterocycles. The second kappa shape index (κ2) is 4.92. The Balaban J connectivity index is 2.07. The summed E-state index contributed by atoms with van der Waals surface area (Å²) in [7, 11) is 0. The van der Waals surface area contributed by atoms with Gasteiger partial charge in [-0.1, -0.05) is 11.6 Å². The number of nitrogens with one attached hydrogen (secondary N) is 1. The van der Waals surface area contributed by atoms with E-state index in [1.165, 1.54) is 12.8 Å². The summed E-state index contributed by atoms with van der Waals surface area (Å²) in [6, 6.07) is 4.62. The minimum Gasteiger partial charge on any atom is -0.396 e. The predicted octanol–water partition coefficient (Wildman–Crippen LogP) is 1.91. The van der Waals surface area contributed by atoms with Crippen molar-refractivity contribution in [3.05, 3.63) is 29.0 Å². The third-order valence-electron chi connectivity index (χ3n) is 2.59. The van der Waals surface area contributed by atoms with E-state index in [9.17, 15) is 0 Å². The number of nitrogens with zero attached hydrogens (tertiary/aromatic N) is 1. The van der Waals surface area contributed by atoms with Crippen LogP contribution in [-0.4, -0.2) is 22.7 Å². The molecule has 1 aromatic rings. The Kier molecular flexibility index (Phi) is 3.57. The fourth-order valence-corrected chi connectivity index (χ4v) is 1.83. The Bertz CT molecular complexity index is 328. The summed E-state index contributed by atoms with van der Waals surface area (Å²) in [5.41, 5.74) is 1.11. The lowest BCUT2D eigenvalue weighted by molar-refractivity contribution is 0.265. The van der Waals surface area contributed by atoms with Gasteiger partial charge in [-0.3, -0.25) is 0 Å². The van der Waals surface area contributed by atoms with Crippen LogP contribution >= 0.6 is 11.6 Å². The lowest BCUT2D eigenvalue weighted by Gasteiger charge is -2.17. The molecule has 0 spiro atoms. The fraction of sp³-hybridized carbons (Fsp3) is 0.545. The second-order valence-corrected chi connectivity index (χ2v) is 4.30. The zero-order chi connectivity index (χ0) is 10.7. The Morgan fingerprint density at radius 3 is 3.00 bits per heavy atom. The molecule has 0 saturated heterocycles. The first-order valence-electron chi connectivity index (χ1n) is 5.28. The van der Waals surface area contributed by atoms with Gasteiger partial charge in [-0.25, -0.2) is 4.98 Å². The van der Waals surface area contributed by atoms with Crippen LogP contribution in [0.25, 0.3) is 0 Å². The monoisotopic (exact) mass is 226 g/mol. The molecule has 2 N–H and O–H groups in total. The highest BCUT2D eigenvalue weighted by Gasteiger charge is 2.25. The van der Waals surface area contributed by atoms with Gasteiger partial charge in [0.15, 0.2) is 0 Å². The fourth-order valence-electron chi connectivity index (χ4n) is 1.64. The van der Waals surface area contributed by atoms with Crippen molar-refractivity contribution in [3.8, 4) is 0 Å². The van der Waals surface area contributed by atoms with Crippen molar-refractivity contribution in [2.45, 2.75) is 31.3 Å². The third kappa shape index (κ3) is 3.16. The van der Waals surface area contributed by atoms with Crippen LogP contribution in [0.3, 0.4) is 0 Å². The molecule has 1 aromatic heterocycles. The number of hydrogen-bond donors (Lipinski definition) is 2. The van der Waals surface area contributed by atoms with E-state index in [0.717, 1.165) is 12.0 Å². The number of hydrogen-bond acceptors (Lipinski definition) is 3. The van der Waals surface area contributed by atoms with Gasteiger partial charge in [-0.05, 0) is 37.0 Å². The van der Waals surface area contributed by atoms with Crippen molar-refractivity contribution < 1.29 is 5.11 Å². The van der Waals surface area contributed by atoms with Gasteiger partial charge >= 0.3 is 0 Å². The smallest absolute Gasteiger partial charge is 0.129 e. The lowest BCUT2D eigenvalue weighted by Crippen LogP contribution is -2.24. The van der Waals surface area contributed by atoms with Gasteiger partial charge in [-0.2, -0.15) is 0 Å². The highest BCUT2D eigenvalue weighted by molar-refractivity contribution is 6.29. The maximum Gasteiger partial charge on any atom is 0.129 e.